The Morgan fingerprint density at radius 3 is 2.22 bits per heavy atom. The number of benzene rings is 2. The number of hydrogen-bond donors (Lipinski definition) is 1. The summed E-state index contributed by atoms with van der Waals surface area (Å²) in [4.78, 5) is 25.3. The zero-order chi connectivity index (χ0) is 25.7. The molecule has 7 nitrogen and oxygen atoms in total. The van der Waals surface area contributed by atoms with Gasteiger partial charge in [-0.05, 0) is 98.7 Å². The number of nitrogens with one attached hydrogen (secondary N) is 1. The Labute approximate surface area is 215 Å². The Balaban J connectivity index is 1.25. The molecule has 2 aromatic rings. The third-order valence-corrected chi connectivity index (χ3v) is 9.89. The van der Waals surface area contributed by atoms with Gasteiger partial charge in [-0.25, -0.2) is 17.6 Å². The van der Waals surface area contributed by atoms with Gasteiger partial charge in [0.15, 0.2) is 6.61 Å². The first kappa shape index (κ1) is 25.0. The molecular weight excluding hydrogens is 507 g/mol. The van der Waals surface area contributed by atoms with Crippen LogP contribution in [0.25, 0.3) is 0 Å². The fourth-order valence-electron chi connectivity index (χ4n) is 6.57. The molecule has 4 saturated carbocycles. The molecule has 10 heteroatoms. The fraction of sp³-hybridized carbons (Fsp3) is 0.462. The molecule has 0 atom stereocenters. The second-order valence-corrected chi connectivity index (χ2v) is 12.8. The van der Waals surface area contributed by atoms with Crippen LogP contribution in [-0.2, 0) is 19.6 Å². The number of amides is 1. The maximum Gasteiger partial charge on any atom is 0.340 e. The van der Waals surface area contributed by atoms with Gasteiger partial charge in [0.05, 0.1) is 21.2 Å². The van der Waals surface area contributed by atoms with E-state index in [0.717, 1.165) is 41.8 Å². The van der Waals surface area contributed by atoms with E-state index in [0.29, 0.717) is 17.8 Å². The van der Waals surface area contributed by atoms with Gasteiger partial charge in [-0.3, -0.25) is 9.10 Å². The standard InChI is InChI=1S/C26H28ClFN2O5S/c1-30(20-4-2-19(28)3-5-20)36(33,34)21-6-7-23(27)22(11-21)25(32)35-15-24(31)29-26-12-16-8-17(13-26)10-18(9-16)14-26/h2-7,11,16-18H,8-10,12-15H2,1H3,(H,29,31). The molecular formula is C26H28ClFN2O5S. The van der Waals surface area contributed by atoms with Gasteiger partial charge in [0.25, 0.3) is 15.9 Å². The zero-order valence-corrected chi connectivity index (χ0v) is 21.4. The molecule has 192 valence electrons. The van der Waals surface area contributed by atoms with E-state index < -0.39 is 28.4 Å². The highest BCUT2D eigenvalue weighted by atomic mass is 35.5. The van der Waals surface area contributed by atoms with Gasteiger partial charge in [0.1, 0.15) is 5.82 Å². The van der Waals surface area contributed by atoms with Crippen molar-refractivity contribution < 1.29 is 27.1 Å². The number of carbonyl (C=O) groups is 2. The second kappa shape index (κ2) is 9.34. The average Bonchev–Trinajstić information content (AvgIpc) is 2.81. The summed E-state index contributed by atoms with van der Waals surface area (Å²) in [5, 5.41) is 3.14. The van der Waals surface area contributed by atoms with Crippen molar-refractivity contribution >= 4 is 39.2 Å². The molecule has 4 fully saturated rings. The Hall–Kier alpha value is -2.65. The van der Waals surface area contributed by atoms with Gasteiger partial charge >= 0.3 is 5.97 Å². The SMILES string of the molecule is CN(c1ccc(F)cc1)S(=O)(=O)c1ccc(Cl)c(C(=O)OCC(=O)NC23CC4CC(CC(C4)C2)C3)c1. The number of anilines is 1. The summed E-state index contributed by atoms with van der Waals surface area (Å²) in [5.41, 5.74) is -0.112. The highest BCUT2D eigenvalue weighted by Crippen LogP contribution is 2.55. The summed E-state index contributed by atoms with van der Waals surface area (Å²) < 4.78 is 45.6. The maximum absolute atomic E-state index is 13.2. The van der Waals surface area contributed by atoms with Crippen molar-refractivity contribution in [2.24, 2.45) is 17.8 Å². The molecule has 4 aliphatic carbocycles. The molecule has 36 heavy (non-hydrogen) atoms. The van der Waals surface area contributed by atoms with Crippen molar-refractivity contribution in [3.8, 4) is 0 Å². The van der Waals surface area contributed by atoms with E-state index in [-0.39, 0.29) is 32.6 Å². The highest BCUT2D eigenvalue weighted by molar-refractivity contribution is 7.92. The summed E-state index contributed by atoms with van der Waals surface area (Å²) in [6.45, 7) is -0.469. The molecule has 1 amide bonds. The number of hydrogen-bond acceptors (Lipinski definition) is 5. The fourth-order valence-corrected chi connectivity index (χ4v) is 7.99. The smallest absolute Gasteiger partial charge is 0.340 e. The first-order valence-corrected chi connectivity index (χ1v) is 13.9. The number of carbonyl (C=O) groups excluding carboxylic acids is 2. The van der Waals surface area contributed by atoms with Crippen LogP contribution < -0.4 is 9.62 Å². The second-order valence-electron chi connectivity index (χ2n) is 10.4. The van der Waals surface area contributed by atoms with Crippen LogP contribution in [-0.4, -0.2) is 39.5 Å². The first-order valence-electron chi connectivity index (χ1n) is 12.1. The predicted octanol–water partition coefficient (Wildman–Crippen LogP) is 4.55. The largest absolute Gasteiger partial charge is 0.452 e. The van der Waals surface area contributed by atoms with E-state index >= 15 is 0 Å². The van der Waals surface area contributed by atoms with Crippen molar-refractivity contribution in [1.29, 1.82) is 0 Å². The first-order chi connectivity index (χ1) is 17.0. The van der Waals surface area contributed by atoms with Crippen molar-refractivity contribution in [2.75, 3.05) is 18.0 Å². The van der Waals surface area contributed by atoms with Crippen LogP contribution in [0.5, 0.6) is 0 Å². The molecule has 0 aromatic heterocycles. The molecule has 2 aromatic carbocycles. The Morgan fingerprint density at radius 2 is 1.64 bits per heavy atom. The van der Waals surface area contributed by atoms with Crippen LogP contribution in [0.1, 0.15) is 48.9 Å². The van der Waals surface area contributed by atoms with Crippen LogP contribution in [0, 0.1) is 23.6 Å². The summed E-state index contributed by atoms with van der Waals surface area (Å²) in [6.07, 6.45) is 6.68. The molecule has 0 spiro atoms. The van der Waals surface area contributed by atoms with Crippen molar-refractivity contribution in [3.05, 3.63) is 58.9 Å². The van der Waals surface area contributed by atoms with Crippen LogP contribution in [0.4, 0.5) is 10.1 Å². The van der Waals surface area contributed by atoms with Gasteiger partial charge < -0.3 is 10.1 Å². The lowest BCUT2D eigenvalue weighted by Gasteiger charge is -2.56. The highest BCUT2D eigenvalue weighted by Gasteiger charge is 2.51. The Kier molecular flexibility index (Phi) is 6.49. The van der Waals surface area contributed by atoms with E-state index in [1.807, 2.05) is 0 Å². The van der Waals surface area contributed by atoms with Crippen LogP contribution in [0.2, 0.25) is 5.02 Å². The topological polar surface area (TPSA) is 92.8 Å². The van der Waals surface area contributed by atoms with E-state index in [1.165, 1.54) is 50.6 Å². The number of ether oxygens (including phenoxy) is 1. The monoisotopic (exact) mass is 534 g/mol. The minimum absolute atomic E-state index is 0.00452. The van der Waals surface area contributed by atoms with Crippen LogP contribution in [0.15, 0.2) is 47.4 Å². The van der Waals surface area contributed by atoms with E-state index in [2.05, 4.69) is 5.32 Å². The number of rotatable bonds is 7. The van der Waals surface area contributed by atoms with Gasteiger partial charge in [-0.2, -0.15) is 0 Å². The summed E-state index contributed by atoms with van der Waals surface area (Å²) in [7, 11) is -2.75. The third-order valence-electron chi connectivity index (χ3n) is 7.78. The normalized spacial score (nSPS) is 26.5. The van der Waals surface area contributed by atoms with Gasteiger partial charge in [-0.1, -0.05) is 11.6 Å². The lowest BCUT2D eigenvalue weighted by molar-refractivity contribution is -0.130. The van der Waals surface area contributed by atoms with E-state index in [4.69, 9.17) is 16.3 Å². The van der Waals surface area contributed by atoms with Gasteiger partial charge in [0.2, 0.25) is 0 Å². The number of sulfonamides is 1. The van der Waals surface area contributed by atoms with Gasteiger partial charge in [0, 0.05) is 12.6 Å². The van der Waals surface area contributed by atoms with Crippen LogP contribution in [0.3, 0.4) is 0 Å². The molecule has 6 rings (SSSR count). The molecule has 4 bridgehead atoms. The maximum atomic E-state index is 13.2. The lowest BCUT2D eigenvalue weighted by atomic mass is 9.53. The third kappa shape index (κ3) is 4.83. The molecule has 0 heterocycles. The summed E-state index contributed by atoms with van der Waals surface area (Å²) >= 11 is 6.16. The molecule has 0 radical (unpaired) electrons. The van der Waals surface area contributed by atoms with Crippen LogP contribution >= 0.6 is 11.6 Å². The molecule has 1 N–H and O–H groups in total. The predicted molar refractivity (Wildman–Crippen MR) is 133 cm³/mol. The van der Waals surface area contributed by atoms with Crippen molar-refractivity contribution in [2.45, 2.75) is 49.0 Å². The number of halogens is 2. The minimum atomic E-state index is -4.07. The number of nitrogens with zero attached hydrogens (tertiary/aromatic N) is 1. The Bertz CT molecular complexity index is 1260. The zero-order valence-electron chi connectivity index (χ0n) is 19.9. The van der Waals surface area contributed by atoms with Crippen molar-refractivity contribution in [3.63, 3.8) is 0 Å². The Morgan fingerprint density at radius 1 is 1.06 bits per heavy atom. The molecule has 4 aliphatic rings. The van der Waals surface area contributed by atoms with E-state index in [9.17, 15) is 22.4 Å². The van der Waals surface area contributed by atoms with E-state index in [1.54, 1.807) is 0 Å². The summed E-state index contributed by atoms with van der Waals surface area (Å²) in [6, 6.07) is 8.66. The minimum Gasteiger partial charge on any atom is -0.452 e. The van der Waals surface area contributed by atoms with Gasteiger partial charge in [-0.15, -0.1) is 0 Å². The van der Waals surface area contributed by atoms with Crippen molar-refractivity contribution in [1.82, 2.24) is 5.32 Å². The quantitative estimate of drug-likeness (QED) is 0.526. The molecule has 0 aliphatic heterocycles. The molecule has 0 unspecified atom stereocenters. The lowest BCUT2D eigenvalue weighted by Crippen LogP contribution is -2.60. The summed E-state index contributed by atoms with van der Waals surface area (Å²) in [5.74, 6) is 0.249. The number of esters is 1. The average molecular weight is 535 g/mol. The molecule has 0 saturated heterocycles.